The van der Waals surface area contributed by atoms with Crippen LogP contribution < -0.4 is 10.0 Å². The second-order valence-corrected chi connectivity index (χ2v) is 7.56. The largest absolute Gasteiger partial charge is 0.316 e. The van der Waals surface area contributed by atoms with Gasteiger partial charge in [-0.2, -0.15) is 0 Å². The van der Waals surface area contributed by atoms with Crippen LogP contribution in [0.1, 0.15) is 46.5 Å². The third-order valence-corrected chi connectivity index (χ3v) is 5.14. The van der Waals surface area contributed by atoms with Crippen molar-refractivity contribution in [3.05, 3.63) is 0 Å². The fourth-order valence-electron chi connectivity index (χ4n) is 2.64. The summed E-state index contributed by atoms with van der Waals surface area (Å²) in [5.41, 5.74) is 0. The van der Waals surface area contributed by atoms with Crippen molar-refractivity contribution >= 4 is 10.0 Å². The molecule has 0 spiro atoms. The van der Waals surface area contributed by atoms with E-state index in [2.05, 4.69) is 30.8 Å². The van der Waals surface area contributed by atoms with E-state index in [9.17, 15) is 8.42 Å². The maximum Gasteiger partial charge on any atom is 0.213 e. The van der Waals surface area contributed by atoms with E-state index in [4.69, 9.17) is 0 Å². The molecule has 0 amide bonds. The first-order chi connectivity index (χ1) is 8.44. The van der Waals surface area contributed by atoms with Gasteiger partial charge in [0.05, 0.1) is 5.75 Å². The lowest BCUT2D eigenvalue weighted by Crippen LogP contribution is -2.44. The summed E-state index contributed by atoms with van der Waals surface area (Å²) in [7, 11) is -3.12. The van der Waals surface area contributed by atoms with Gasteiger partial charge in [-0.3, -0.25) is 0 Å². The van der Waals surface area contributed by atoms with Crippen LogP contribution in [0.15, 0.2) is 0 Å². The minimum Gasteiger partial charge on any atom is -0.316 e. The molecule has 0 radical (unpaired) electrons. The Morgan fingerprint density at radius 3 is 2.50 bits per heavy atom. The maximum absolute atomic E-state index is 11.9. The SMILES string of the molecule is CCCNCCS(=O)(=O)NC1CCC(C)CC1C. The summed E-state index contributed by atoms with van der Waals surface area (Å²) in [6.07, 6.45) is 4.27. The average Bonchev–Trinajstić information content (AvgIpc) is 2.28. The highest BCUT2D eigenvalue weighted by molar-refractivity contribution is 7.89. The lowest BCUT2D eigenvalue weighted by Gasteiger charge is -2.32. The Kier molecular flexibility index (Phi) is 6.60. The van der Waals surface area contributed by atoms with Gasteiger partial charge in [0.25, 0.3) is 0 Å². The molecule has 3 unspecified atom stereocenters. The minimum atomic E-state index is -3.12. The summed E-state index contributed by atoms with van der Waals surface area (Å²) in [5, 5.41) is 3.13. The standard InChI is InChI=1S/C13H28N2O2S/c1-4-7-14-8-9-18(16,17)15-13-6-5-11(2)10-12(13)3/h11-15H,4-10H2,1-3H3. The molecule has 0 aliphatic heterocycles. The van der Waals surface area contributed by atoms with Crippen LogP contribution in [0.4, 0.5) is 0 Å². The van der Waals surface area contributed by atoms with Crippen molar-refractivity contribution in [1.29, 1.82) is 0 Å². The molecule has 108 valence electrons. The van der Waals surface area contributed by atoms with Gasteiger partial charge in [0.2, 0.25) is 10.0 Å². The molecule has 1 rings (SSSR count). The summed E-state index contributed by atoms with van der Waals surface area (Å²) < 4.78 is 26.8. The van der Waals surface area contributed by atoms with E-state index < -0.39 is 10.0 Å². The lowest BCUT2D eigenvalue weighted by molar-refractivity contribution is 0.249. The topological polar surface area (TPSA) is 58.2 Å². The Morgan fingerprint density at radius 2 is 1.89 bits per heavy atom. The van der Waals surface area contributed by atoms with Crippen molar-refractivity contribution in [2.45, 2.75) is 52.5 Å². The van der Waals surface area contributed by atoms with E-state index in [0.717, 1.165) is 38.1 Å². The third-order valence-electron chi connectivity index (χ3n) is 3.74. The monoisotopic (exact) mass is 276 g/mol. The molecule has 0 aromatic carbocycles. The first kappa shape index (κ1) is 15.9. The van der Waals surface area contributed by atoms with Crippen LogP contribution in [0, 0.1) is 11.8 Å². The van der Waals surface area contributed by atoms with Crippen molar-refractivity contribution in [2.75, 3.05) is 18.8 Å². The highest BCUT2D eigenvalue weighted by Crippen LogP contribution is 2.28. The first-order valence-corrected chi connectivity index (χ1v) is 8.80. The Balaban J connectivity index is 2.35. The van der Waals surface area contributed by atoms with Gasteiger partial charge in [-0.15, -0.1) is 0 Å². The fourth-order valence-corrected chi connectivity index (χ4v) is 3.98. The van der Waals surface area contributed by atoms with Crippen LogP contribution in [-0.4, -0.2) is 33.3 Å². The van der Waals surface area contributed by atoms with Gasteiger partial charge in [-0.25, -0.2) is 13.1 Å². The van der Waals surface area contributed by atoms with E-state index in [1.54, 1.807) is 0 Å². The molecule has 0 aromatic heterocycles. The molecule has 0 heterocycles. The molecule has 1 aliphatic carbocycles. The van der Waals surface area contributed by atoms with E-state index in [1.165, 1.54) is 0 Å². The molecule has 1 fully saturated rings. The maximum atomic E-state index is 11.9. The van der Waals surface area contributed by atoms with Crippen LogP contribution in [0.25, 0.3) is 0 Å². The van der Waals surface area contributed by atoms with Crippen LogP contribution in [0.3, 0.4) is 0 Å². The smallest absolute Gasteiger partial charge is 0.213 e. The lowest BCUT2D eigenvalue weighted by atomic mass is 9.80. The Hall–Kier alpha value is -0.130. The second kappa shape index (κ2) is 7.46. The van der Waals surface area contributed by atoms with Gasteiger partial charge in [-0.05, 0) is 44.1 Å². The predicted molar refractivity (Wildman–Crippen MR) is 76.1 cm³/mol. The van der Waals surface area contributed by atoms with Gasteiger partial charge in [0, 0.05) is 12.6 Å². The molecule has 2 N–H and O–H groups in total. The van der Waals surface area contributed by atoms with Crippen LogP contribution in [0.5, 0.6) is 0 Å². The molecule has 1 saturated carbocycles. The Bertz CT molecular complexity index is 330. The predicted octanol–water partition coefficient (Wildman–Crippen LogP) is 1.73. The number of sulfonamides is 1. The van der Waals surface area contributed by atoms with E-state index in [0.29, 0.717) is 12.5 Å². The van der Waals surface area contributed by atoms with E-state index >= 15 is 0 Å². The normalized spacial score (nSPS) is 29.4. The molecule has 0 saturated heterocycles. The summed E-state index contributed by atoms with van der Waals surface area (Å²) >= 11 is 0. The molecular weight excluding hydrogens is 248 g/mol. The van der Waals surface area contributed by atoms with Crippen molar-refractivity contribution < 1.29 is 8.42 Å². The van der Waals surface area contributed by atoms with Gasteiger partial charge in [0.1, 0.15) is 0 Å². The minimum absolute atomic E-state index is 0.136. The first-order valence-electron chi connectivity index (χ1n) is 7.15. The van der Waals surface area contributed by atoms with Crippen molar-refractivity contribution in [3.8, 4) is 0 Å². The van der Waals surface area contributed by atoms with Gasteiger partial charge in [0.15, 0.2) is 0 Å². The van der Waals surface area contributed by atoms with Crippen molar-refractivity contribution in [2.24, 2.45) is 11.8 Å². The molecule has 5 heteroatoms. The quantitative estimate of drug-likeness (QED) is 0.696. The molecule has 0 bridgehead atoms. The van der Waals surface area contributed by atoms with Gasteiger partial charge < -0.3 is 5.32 Å². The fraction of sp³-hybridized carbons (Fsp3) is 1.00. The number of rotatable bonds is 7. The molecule has 0 aromatic rings. The van der Waals surface area contributed by atoms with Crippen LogP contribution in [0.2, 0.25) is 0 Å². The highest BCUT2D eigenvalue weighted by atomic mass is 32.2. The highest BCUT2D eigenvalue weighted by Gasteiger charge is 2.28. The zero-order valence-electron chi connectivity index (χ0n) is 11.9. The van der Waals surface area contributed by atoms with Crippen LogP contribution in [-0.2, 0) is 10.0 Å². The van der Waals surface area contributed by atoms with E-state index in [1.807, 2.05) is 0 Å². The molecular formula is C13H28N2O2S. The number of hydrogen-bond acceptors (Lipinski definition) is 3. The second-order valence-electron chi connectivity index (χ2n) is 5.69. The van der Waals surface area contributed by atoms with Gasteiger partial charge in [-0.1, -0.05) is 20.8 Å². The van der Waals surface area contributed by atoms with Crippen LogP contribution >= 0.6 is 0 Å². The Labute approximate surface area is 112 Å². The molecule has 18 heavy (non-hydrogen) atoms. The van der Waals surface area contributed by atoms with Crippen molar-refractivity contribution in [1.82, 2.24) is 10.0 Å². The summed E-state index contributed by atoms with van der Waals surface area (Å²) in [6.45, 7) is 7.90. The summed E-state index contributed by atoms with van der Waals surface area (Å²) in [5.74, 6) is 1.37. The number of nitrogens with one attached hydrogen (secondary N) is 2. The Morgan fingerprint density at radius 1 is 1.17 bits per heavy atom. The van der Waals surface area contributed by atoms with E-state index in [-0.39, 0.29) is 11.8 Å². The molecule has 3 atom stereocenters. The molecule has 4 nitrogen and oxygen atoms in total. The van der Waals surface area contributed by atoms with Crippen molar-refractivity contribution in [3.63, 3.8) is 0 Å². The zero-order chi connectivity index (χ0) is 13.6. The average molecular weight is 276 g/mol. The zero-order valence-corrected chi connectivity index (χ0v) is 12.7. The third kappa shape index (κ3) is 5.67. The summed E-state index contributed by atoms with van der Waals surface area (Å²) in [4.78, 5) is 0. The summed E-state index contributed by atoms with van der Waals surface area (Å²) in [6, 6.07) is 0.136. The molecule has 1 aliphatic rings. The number of hydrogen-bond donors (Lipinski definition) is 2. The van der Waals surface area contributed by atoms with Gasteiger partial charge >= 0.3 is 0 Å².